The molecule has 0 N–H and O–H groups in total. The highest BCUT2D eigenvalue weighted by atomic mass is 16.1. The van der Waals surface area contributed by atoms with Crippen LogP contribution in [0.15, 0.2) is 59.0 Å². The van der Waals surface area contributed by atoms with Crippen molar-refractivity contribution in [1.29, 1.82) is 0 Å². The summed E-state index contributed by atoms with van der Waals surface area (Å²) in [7, 11) is 0. The van der Waals surface area contributed by atoms with Gasteiger partial charge in [-0.1, -0.05) is 18.2 Å². The van der Waals surface area contributed by atoms with Crippen molar-refractivity contribution in [3.05, 3.63) is 59.0 Å². The van der Waals surface area contributed by atoms with Gasteiger partial charge in [0, 0.05) is 19.2 Å². The Hall–Kier alpha value is -1.83. The number of rotatable bonds is 1. The fourth-order valence-electron chi connectivity index (χ4n) is 2.28. The Bertz CT molecular complexity index is 475. The van der Waals surface area contributed by atoms with Crippen LogP contribution < -0.4 is 0 Å². The lowest BCUT2D eigenvalue weighted by atomic mass is 9.88. The van der Waals surface area contributed by atoms with Crippen LogP contribution >= 0.6 is 0 Å². The van der Waals surface area contributed by atoms with Crippen molar-refractivity contribution in [2.24, 2.45) is 0 Å². The zero-order valence-electron chi connectivity index (χ0n) is 8.31. The Balaban J connectivity index is 2.18. The third-order valence-corrected chi connectivity index (χ3v) is 2.91. The van der Waals surface area contributed by atoms with Crippen molar-refractivity contribution in [2.45, 2.75) is 6.42 Å². The van der Waals surface area contributed by atoms with Gasteiger partial charge in [-0.2, -0.15) is 0 Å². The van der Waals surface area contributed by atoms with E-state index in [2.05, 4.69) is 29.3 Å². The molecular formula is C13H11NO. The molecule has 0 fully saturated rings. The highest BCUT2D eigenvalue weighted by molar-refractivity contribution is 5.78. The highest BCUT2D eigenvalue weighted by Crippen LogP contribution is 2.35. The summed E-state index contributed by atoms with van der Waals surface area (Å²) in [6.07, 6.45) is 14.2. The molecule has 0 radical (unpaired) electrons. The number of allylic oxidation sites excluding steroid dienone is 7. The van der Waals surface area contributed by atoms with E-state index in [1.807, 2.05) is 12.2 Å². The molecule has 0 amide bonds. The molecule has 74 valence electrons. The number of hydrogen-bond acceptors (Lipinski definition) is 2. The second-order valence-electron chi connectivity index (χ2n) is 3.91. The average Bonchev–Trinajstić information content (AvgIpc) is 2.29. The first kappa shape index (κ1) is 8.48. The van der Waals surface area contributed by atoms with Crippen LogP contribution in [0.2, 0.25) is 0 Å². The van der Waals surface area contributed by atoms with Crippen LogP contribution in [0.3, 0.4) is 0 Å². The number of hydrogen-bond donors (Lipinski definition) is 0. The summed E-state index contributed by atoms with van der Waals surface area (Å²) >= 11 is 0. The average molecular weight is 197 g/mol. The summed E-state index contributed by atoms with van der Waals surface area (Å²) < 4.78 is 0. The van der Waals surface area contributed by atoms with E-state index in [1.165, 1.54) is 11.3 Å². The van der Waals surface area contributed by atoms with E-state index in [0.717, 1.165) is 30.4 Å². The van der Waals surface area contributed by atoms with Crippen LogP contribution in [0.5, 0.6) is 0 Å². The van der Waals surface area contributed by atoms with Gasteiger partial charge in [0.15, 0.2) is 0 Å². The zero-order chi connectivity index (χ0) is 10.3. The summed E-state index contributed by atoms with van der Waals surface area (Å²) in [6, 6.07) is 0. The molecule has 0 aromatic carbocycles. The Kier molecular flexibility index (Phi) is 1.75. The smallest absolute Gasteiger partial charge is 0.146 e. The standard InChI is InChI=1S/C13H11NO/c15-9-10-7-11-3-1-5-14-6-2-4-12(8-10)13(11)14/h1-5,8-9H,6-7H2. The largest absolute Gasteiger partial charge is 0.343 e. The number of carbonyl (C=O) groups is 1. The first-order chi connectivity index (χ1) is 7.38. The van der Waals surface area contributed by atoms with Crippen LogP contribution in [0.25, 0.3) is 0 Å². The summed E-state index contributed by atoms with van der Waals surface area (Å²) in [5.74, 6) is 0. The number of nitrogens with zero attached hydrogens (tertiary/aromatic N) is 1. The Morgan fingerprint density at radius 1 is 1.40 bits per heavy atom. The van der Waals surface area contributed by atoms with Crippen molar-refractivity contribution >= 4 is 6.29 Å². The molecule has 2 heteroatoms. The van der Waals surface area contributed by atoms with Gasteiger partial charge in [-0.05, 0) is 28.9 Å². The lowest BCUT2D eigenvalue weighted by Crippen LogP contribution is -2.25. The van der Waals surface area contributed by atoms with Gasteiger partial charge in [0.2, 0.25) is 0 Å². The molecule has 0 saturated heterocycles. The molecule has 0 atom stereocenters. The maximum absolute atomic E-state index is 10.8. The Labute approximate surface area is 88.6 Å². The molecule has 0 spiro atoms. The first-order valence-corrected chi connectivity index (χ1v) is 5.09. The quantitative estimate of drug-likeness (QED) is 0.600. The van der Waals surface area contributed by atoms with Gasteiger partial charge in [0.25, 0.3) is 0 Å². The molecule has 0 aromatic rings. The van der Waals surface area contributed by atoms with E-state index in [9.17, 15) is 4.79 Å². The molecule has 2 aliphatic heterocycles. The van der Waals surface area contributed by atoms with Crippen LogP contribution in [0, 0.1) is 0 Å². The predicted molar refractivity (Wildman–Crippen MR) is 58.9 cm³/mol. The number of carbonyl (C=O) groups excluding carboxylic acids is 1. The summed E-state index contributed by atoms with van der Waals surface area (Å²) in [6.45, 7) is 0.928. The van der Waals surface area contributed by atoms with E-state index in [4.69, 9.17) is 0 Å². The highest BCUT2D eigenvalue weighted by Gasteiger charge is 2.23. The maximum atomic E-state index is 10.8. The minimum atomic E-state index is 0.761. The molecule has 3 aliphatic rings. The van der Waals surface area contributed by atoms with Gasteiger partial charge >= 0.3 is 0 Å². The third-order valence-electron chi connectivity index (χ3n) is 2.91. The Morgan fingerprint density at radius 3 is 3.20 bits per heavy atom. The van der Waals surface area contributed by atoms with Gasteiger partial charge in [-0.15, -0.1) is 0 Å². The molecule has 15 heavy (non-hydrogen) atoms. The molecule has 0 unspecified atom stereocenters. The van der Waals surface area contributed by atoms with E-state index >= 15 is 0 Å². The van der Waals surface area contributed by atoms with Gasteiger partial charge in [0.1, 0.15) is 6.29 Å². The zero-order valence-corrected chi connectivity index (χ0v) is 8.31. The monoisotopic (exact) mass is 197 g/mol. The lowest BCUT2D eigenvalue weighted by molar-refractivity contribution is -0.105. The first-order valence-electron chi connectivity index (χ1n) is 5.09. The second-order valence-corrected chi connectivity index (χ2v) is 3.91. The van der Waals surface area contributed by atoms with Crippen molar-refractivity contribution in [1.82, 2.24) is 4.90 Å². The number of aldehydes is 1. The van der Waals surface area contributed by atoms with Crippen molar-refractivity contribution in [2.75, 3.05) is 6.54 Å². The lowest BCUT2D eigenvalue weighted by Gasteiger charge is -2.33. The normalized spacial score (nSPS) is 22.3. The summed E-state index contributed by atoms with van der Waals surface area (Å²) in [5, 5.41) is 0. The van der Waals surface area contributed by atoms with E-state index in [0.29, 0.717) is 0 Å². The Morgan fingerprint density at radius 2 is 2.33 bits per heavy atom. The van der Waals surface area contributed by atoms with E-state index in [-0.39, 0.29) is 0 Å². The van der Waals surface area contributed by atoms with Crippen LogP contribution in [0.1, 0.15) is 6.42 Å². The molecule has 3 rings (SSSR count). The van der Waals surface area contributed by atoms with Crippen molar-refractivity contribution in [3.63, 3.8) is 0 Å². The van der Waals surface area contributed by atoms with Crippen LogP contribution in [-0.2, 0) is 4.79 Å². The summed E-state index contributed by atoms with van der Waals surface area (Å²) in [5.41, 5.74) is 4.54. The van der Waals surface area contributed by atoms with E-state index in [1.54, 1.807) is 0 Å². The predicted octanol–water partition coefficient (Wildman–Crippen LogP) is 2.09. The maximum Gasteiger partial charge on any atom is 0.146 e. The topological polar surface area (TPSA) is 20.3 Å². The van der Waals surface area contributed by atoms with E-state index < -0.39 is 0 Å². The van der Waals surface area contributed by atoms with Gasteiger partial charge in [0.05, 0.1) is 5.70 Å². The molecule has 2 heterocycles. The van der Waals surface area contributed by atoms with Crippen molar-refractivity contribution in [3.8, 4) is 0 Å². The molecule has 2 nitrogen and oxygen atoms in total. The minimum absolute atomic E-state index is 0.761. The molecular weight excluding hydrogens is 186 g/mol. The SMILES string of the molecule is O=CC1=CC2=C3C(=CC=CN3CC=C2)C1. The second kappa shape index (κ2) is 3.09. The third kappa shape index (κ3) is 1.22. The summed E-state index contributed by atoms with van der Waals surface area (Å²) in [4.78, 5) is 13.0. The minimum Gasteiger partial charge on any atom is -0.343 e. The van der Waals surface area contributed by atoms with Crippen molar-refractivity contribution < 1.29 is 4.79 Å². The fourth-order valence-corrected chi connectivity index (χ4v) is 2.28. The fraction of sp³-hybridized carbons (Fsp3) is 0.154. The molecule has 1 aliphatic carbocycles. The molecule has 0 saturated carbocycles. The van der Waals surface area contributed by atoms with Gasteiger partial charge in [-0.3, -0.25) is 4.79 Å². The van der Waals surface area contributed by atoms with Crippen LogP contribution in [-0.4, -0.2) is 17.7 Å². The van der Waals surface area contributed by atoms with Crippen LogP contribution in [0.4, 0.5) is 0 Å². The van der Waals surface area contributed by atoms with Gasteiger partial charge in [-0.25, -0.2) is 0 Å². The molecule has 0 bridgehead atoms. The van der Waals surface area contributed by atoms with Gasteiger partial charge < -0.3 is 4.90 Å². The molecule has 0 aromatic heterocycles.